The van der Waals surface area contributed by atoms with Gasteiger partial charge in [0.15, 0.2) is 10.3 Å². The van der Waals surface area contributed by atoms with Crippen molar-refractivity contribution in [3.8, 4) is 0 Å². The molecule has 0 N–H and O–H groups in total. The van der Waals surface area contributed by atoms with E-state index in [1.54, 1.807) is 95.7 Å². The van der Waals surface area contributed by atoms with Gasteiger partial charge in [-0.3, -0.25) is 19.6 Å². The van der Waals surface area contributed by atoms with Crippen LogP contribution in [0.5, 0.6) is 0 Å². The largest absolute Gasteiger partial charge is 0.496 e. The molecule has 9 rings (SSSR count). The van der Waals surface area contributed by atoms with Crippen molar-refractivity contribution in [2.45, 2.75) is 268 Å². The molecule has 32 heteroatoms. The Morgan fingerprint density at radius 1 is 0.550 bits per heavy atom. The number of aliphatic imine (C=N–C) groups is 2. The fourth-order valence-corrected chi connectivity index (χ4v) is 17.0. The molecule has 0 spiro atoms. The second-order valence-corrected chi connectivity index (χ2v) is 50.2. The van der Waals surface area contributed by atoms with Crippen molar-refractivity contribution in [1.29, 1.82) is 0 Å². The number of aromatic nitrogens is 2. The van der Waals surface area contributed by atoms with Gasteiger partial charge >= 0.3 is 33.3 Å². The van der Waals surface area contributed by atoms with Gasteiger partial charge in [-0.05, 0) is 185 Å². The maximum absolute atomic E-state index is 15.8. The molecule has 4 amide bonds. The summed E-state index contributed by atoms with van der Waals surface area (Å²) in [5, 5.41) is 0.511. The Balaban J connectivity index is 0.000000228. The molecule has 0 unspecified atom stereocenters. The van der Waals surface area contributed by atoms with Crippen LogP contribution in [0.25, 0.3) is 0 Å². The summed E-state index contributed by atoms with van der Waals surface area (Å²) in [6, 6.07) is 5.14. The third kappa shape index (κ3) is 18.5. The number of carbonyl (C=O) groups is 4. The Hall–Kier alpha value is -3.53. The van der Waals surface area contributed by atoms with Crippen LogP contribution in [0.2, 0.25) is 51.4 Å². The van der Waals surface area contributed by atoms with E-state index in [9.17, 15) is 19.2 Å². The Morgan fingerprint density at radius 2 is 0.870 bits per heavy atom. The van der Waals surface area contributed by atoms with E-state index < -0.39 is 104 Å². The molecule has 100 heavy (non-hydrogen) atoms. The molecule has 2 aromatic rings. The zero-order valence-corrected chi connectivity index (χ0v) is 70.3. The van der Waals surface area contributed by atoms with Gasteiger partial charge in [0.1, 0.15) is 34.2 Å². The number of ether oxygens (including phenoxy) is 4. The molecule has 2 aromatic heterocycles. The molecule has 22 nitrogen and oxygen atoms in total. The first-order valence-corrected chi connectivity index (χ1v) is 44.3. The maximum atomic E-state index is 15.8. The third-order valence-corrected chi connectivity index (χ3v) is 26.9. The highest BCUT2D eigenvalue weighted by atomic mass is 79.9. The molecule has 7 aliphatic rings. The van der Waals surface area contributed by atoms with E-state index in [2.05, 4.69) is 65.2 Å². The number of halogens is 3. The molecule has 0 aromatic carbocycles. The van der Waals surface area contributed by atoms with Gasteiger partial charge < -0.3 is 56.7 Å². The monoisotopic (exact) mass is 1530 g/mol. The summed E-state index contributed by atoms with van der Waals surface area (Å²) in [5.41, 5.74) is -5.55. The minimum atomic E-state index is -1.40. The summed E-state index contributed by atoms with van der Waals surface area (Å²) in [6.07, 6.45) is 2.44. The van der Waals surface area contributed by atoms with Crippen LogP contribution in [-0.2, 0) is 67.5 Å². The number of hydrogen-bond donors (Lipinski definition) is 0. The normalized spacial score (nSPS) is 27.2. The second-order valence-electron chi connectivity index (χ2n) is 35.4. The molecule has 2 aliphatic carbocycles. The zero-order valence-electron chi connectivity index (χ0n) is 65.1. The van der Waals surface area contributed by atoms with Crippen molar-refractivity contribution >= 4 is 117 Å². The van der Waals surface area contributed by atoms with Crippen LogP contribution in [0, 0.1) is 23.7 Å². The first kappa shape index (κ1) is 83.7. The van der Waals surface area contributed by atoms with Crippen LogP contribution in [0.1, 0.15) is 162 Å². The molecular formula is C68H112B3BrF2N8O14S2Si2. The van der Waals surface area contributed by atoms with Crippen LogP contribution >= 0.6 is 39.5 Å². The molecular weight excluding hydrogens is 1420 g/mol. The minimum absolute atomic E-state index is 0.0859. The van der Waals surface area contributed by atoms with E-state index in [0.717, 1.165) is 12.1 Å². The predicted octanol–water partition coefficient (Wildman–Crippen LogP) is 13.2. The standard InChI is InChI=1S/C31H50BFN4O6SSi.C25H38BrFN4O4SSi.C12H24B2O4/c1-27(2,3)41-26(39)37(19-40-14-15-45(11,12)13)25-35-30(8,22-17-31(22,44-25)24(38)36(9)10)21-16-20(18-34-23(21)33)32-42-28(4,5)29(6,7)43-32;1-23(2,3)35-22(33)31(15-34-10-11-37(7,8)9)21-29-24(4,17-12-16(26)14-28-19(17)27)18-13-25(18,36-21)20(32)30(5)6;1-9(2)10(3,4)16-13(15-9)14-17-11(5,6)12(7,8)18-14/h16,18,22H,14-15,17,19H2,1-13H3;12,14,18H,10-11,13,15H2,1-9H3;1-8H3/t22-,30+,31-;18-,24+,25-;/m00./s1. The quantitative estimate of drug-likeness (QED) is 0.0659. The lowest BCUT2D eigenvalue weighted by Gasteiger charge is -2.38. The SMILES string of the molecule is CC1(C)OB(B2OC(C)(C)C(C)(C)O2)OC1(C)C.CN(C)C(=O)[C@]12C[C@H]1[C@@](C)(c1cc(B3OC(C)(C)C(C)(C)O3)cnc1F)N=C(N(COCC[Si](C)(C)C)C(=O)OC(C)(C)C)S2.CN(C)C(=O)[C@]12C[C@H]1[C@@](C)(c1cc(Br)cnc1F)N=C(N(COCC[Si](C)(C)C)C(=O)OC(C)(C)C)S2. The molecule has 5 aliphatic heterocycles. The zero-order chi connectivity index (χ0) is 75.9. The summed E-state index contributed by atoms with van der Waals surface area (Å²) < 4.78 is 89.5. The maximum Gasteiger partial charge on any atom is 0.496 e. The van der Waals surface area contributed by atoms with Crippen molar-refractivity contribution in [2.24, 2.45) is 21.8 Å². The van der Waals surface area contributed by atoms with Crippen LogP contribution in [-0.4, -0.2) is 210 Å². The number of nitrogens with zero attached hydrogens (tertiary/aromatic N) is 8. The first-order valence-electron chi connectivity index (χ1n) is 34.4. The van der Waals surface area contributed by atoms with Crippen LogP contribution in [0.15, 0.2) is 39.0 Å². The fourth-order valence-electron chi connectivity index (χ4n) is 11.8. The molecule has 2 saturated carbocycles. The summed E-state index contributed by atoms with van der Waals surface area (Å²) in [5.74, 6) is -2.23. The Kier molecular flexibility index (Phi) is 24.3. The second kappa shape index (κ2) is 29.0. The van der Waals surface area contributed by atoms with E-state index in [1.807, 2.05) is 83.1 Å². The van der Waals surface area contributed by atoms with Gasteiger partial charge in [-0.25, -0.2) is 29.4 Å². The number of amidine groups is 2. The van der Waals surface area contributed by atoms with Gasteiger partial charge in [0.2, 0.25) is 23.7 Å². The third-order valence-electron chi connectivity index (χ3n) is 20.1. The van der Waals surface area contributed by atoms with Gasteiger partial charge in [-0.2, -0.15) is 8.78 Å². The summed E-state index contributed by atoms with van der Waals surface area (Å²) >= 11 is 5.84. The van der Waals surface area contributed by atoms with Crippen molar-refractivity contribution in [1.82, 2.24) is 29.6 Å². The Morgan fingerprint density at radius 3 is 1.19 bits per heavy atom. The smallest absolute Gasteiger partial charge is 0.443 e. The molecule has 558 valence electrons. The molecule has 0 radical (unpaired) electrons. The molecule has 3 saturated heterocycles. The minimum Gasteiger partial charge on any atom is -0.443 e. The number of rotatable bonds is 16. The Bertz CT molecular complexity index is 3380. The van der Waals surface area contributed by atoms with Crippen molar-refractivity contribution in [3.63, 3.8) is 0 Å². The van der Waals surface area contributed by atoms with Gasteiger partial charge in [-0.1, -0.05) is 68.9 Å². The van der Waals surface area contributed by atoms with Crippen molar-refractivity contribution in [2.75, 3.05) is 54.9 Å². The van der Waals surface area contributed by atoms with Crippen LogP contribution in [0.3, 0.4) is 0 Å². The number of carbonyl (C=O) groups excluding carboxylic acids is 4. The van der Waals surface area contributed by atoms with E-state index in [-0.39, 0.29) is 81.0 Å². The molecule has 0 bridgehead atoms. The highest BCUT2D eigenvalue weighted by Crippen LogP contribution is 2.68. The number of hydrogen-bond acceptors (Lipinski definition) is 20. The van der Waals surface area contributed by atoms with Crippen LogP contribution < -0.4 is 5.46 Å². The van der Waals surface area contributed by atoms with Gasteiger partial charge in [0.25, 0.3) is 0 Å². The average molecular weight is 1540 g/mol. The van der Waals surface area contributed by atoms with Crippen molar-refractivity contribution in [3.05, 3.63) is 52.0 Å². The lowest BCUT2D eigenvalue weighted by molar-refractivity contribution is -0.130. The summed E-state index contributed by atoms with van der Waals surface area (Å²) in [6.45, 7) is 52.5. The highest BCUT2D eigenvalue weighted by molar-refractivity contribution is 9.10. The van der Waals surface area contributed by atoms with E-state index in [1.165, 1.54) is 55.5 Å². The summed E-state index contributed by atoms with van der Waals surface area (Å²) in [4.78, 5) is 78.0. The van der Waals surface area contributed by atoms with E-state index in [4.69, 9.17) is 56.9 Å². The van der Waals surface area contributed by atoms with Crippen molar-refractivity contribution < 1.29 is 74.8 Å². The molecule has 7 heterocycles. The van der Waals surface area contributed by atoms with Gasteiger partial charge in [-0.15, -0.1) is 0 Å². The predicted molar refractivity (Wildman–Crippen MR) is 402 cm³/mol. The fraction of sp³-hybridized carbons (Fsp3) is 0.765. The van der Waals surface area contributed by atoms with Gasteiger partial charge in [0, 0.05) is 103 Å². The number of fused-ring (bicyclic) bond motifs is 2. The number of amides is 4. The number of pyridine rings is 2. The first-order chi connectivity index (χ1) is 45.2. The van der Waals surface area contributed by atoms with E-state index in [0.29, 0.717) is 36.0 Å². The number of thioether (sulfide) groups is 2. The molecule has 5 fully saturated rings. The van der Waals surface area contributed by atoms with Crippen LogP contribution in [0.4, 0.5) is 18.4 Å². The topological polar surface area (TPSA) is 224 Å². The lowest BCUT2D eigenvalue weighted by atomic mass is 9.49. The lowest BCUT2D eigenvalue weighted by Crippen LogP contribution is -2.49. The highest BCUT2D eigenvalue weighted by Gasteiger charge is 2.74. The van der Waals surface area contributed by atoms with Gasteiger partial charge in [0.05, 0.1) is 44.7 Å². The summed E-state index contributed by atoms with van der Waals surface area (Å²) in [7, 11) is 2.31. The average Bonchev–Trinajstić information content (AvgIpc) is 1.52. The molecule has 6 atom stereocenters. The van der Waals surface area contributed by atoms with E-state index >= 15 is 8.78 Å². The Labute approximate surface area is 614 Å².